The van der Waals surface area contributed by atoms with Crippen molar-refractivity contribution in [3.8, 4) is 0 Å². The van der Waals surface area contributed by atoms with Crippen molar-refractivity contribution in [3.63, 3.8) is 0 Å². The Kier molecular flexibility index (Phi) is 2.63. The maximum absolute atomic E-state index is 6.06. The van der Waals surface area contributed by atoms with Gasteiger partial charge in [0.05, 0.1) is 0 Å². The van der Waals surface area contributed by atoms with Crippen LogP contribution in [0.15, 0.2) is 39.3 Å². The second-order valence-electron chi connectivity index (χ2n) is 2.69. The molecule has 66 valence electrons. The minimum Gasteiger partial charge on any atom is -0.0837 e. The van der Waals surface area contributed by atoms with Gasteiger partial charge in [-0.05, 0) is 18.2 Å². The number of fused-ring (bicyclic) bond motifs is 1. The van der Waals surface area contributed by atoms with E-state index in [0.717, 1.165) is 24.7 Å². The standard InChI is InChI=1S/C10H5Br2Cl/c11-7-3-1-2-6-9(13)5-4-8(12)10(6)7/h1-5H. The molecule has 0 heterocycles. The van der Waals surface area contributed by atoms with E-state index in [-0.39, 0.29) is 0 Å². The molecule has 0 amide bonds. The number of hydrogen-bond donors (Lipinski definition) is 0. The Bertz CT molecular complexity index is 457. The molecule has 0 radical (unpaired) electrons. The second kappa shape index (κ2) is 3.60. The van der Waals surface area contributed by atoms with Crippen LogP contribution in [-0.2, 0) is 0 Å². The van der Waals surface area contributed by atoms with E-state index in [0.29, 0.717) is 0 Å². The molecule has 0 bridgehead atoms. The molecule has 2 aromatic carbocycles. The minimum absolute atomic E-state index is 0.777. The Morgan fingerprint density at radius 2 is 1.62 bits per heavy atom. The zero-order valence-electron chi connectivity index (χ0n) is 6.52. The third kappa shape index (κ3) is 1.63. The summed E-state index contributed by atoms with van der Waals surface area (Å²) in [6.07, 6.45) is 0. The highest BCUT2D eigenvalue weighted by Gasteiger charge is 2.04. The van der Waals surface area contributed by atoms with Crippen LogP contribution >= 0.6 is 43.5 Å². The van der Waals surface area contributed by atoms with Gasteiger partial charge >= 0.3 is 0 Å². The maximum Gasteiger partial charge on any atom is 0.0485 e. The molecule has 0 saturated carbocycles. The van der Waals surface area contributed by atoms with Crippen LogP contribution in [0.3, 0.4) is 0 Å². The molecule has 3 heteroatoms. The van der Waals surface area contributed by atoms with Gasteiger partial charge in [-0.1, -0.05) is 55.6 Å². The summed E-state index contributed by atoms with van der Waals surface area (Å²) in [5.74, 6) is 0. The summed E-state index contributed by atoms with van der Waals surface area (Å²) in [5.41, 5.74) is 0. The molecular weight excluding hydrogens is 315 g/mol. The predicted octanol–water partition coefficient (Wildman–Crippen LogP) is 5.02. The van der Waals surface area contributed by atoms with Crippen molar-refractivity contribution >= 4 is 54.2 Å². The third-order valence-electron chi connectivity index (χ3n) is 1.89. The molecule has 0 nitrogen and oxygen atoms in total. The van der Waals surface area contributed by atoms with E-state index in [1.54, 1.807) is 0 Å². The monoisotopic (exact) mass is 318 g/mol. The third-order valence-corrected chi connectivity index (χ3v) is 3.54. The Hall–Kier alpha value is -0.0500. The van der Waals surface area contributed by atoms with Crippen molar-refractivity contribution in [2.75, 3.05) is 0 Å². The fourth-order valence-corrected chi connectivity index (χ4v) is 2.91. The summed E-state index contributed by atoms with van der Waals surface area (Å²) < 4.78 is 2.11. The van der Waals surface area contributed by atoms with Gasteiger partial charge in [0.1, 0.15) is 0 Å². The van der Waals surface area contributed by atoms with Crippen molar-refractivity contribution < 1.29 is 0 Å². The van der Waals surface area contributed by atoms with Crippen LogP contribution < -0.4 is 0 Å². The molecule has 0 unspecified atom stereocenters. The van der Waals surface area contributed by atoms with Crippen molar-refractivity contribution in [2.45, 2.75) is 0 Å². The predicted molar refractivity (Wildman–Crippen MR) is 64.4 cm³/mol. The highest BCUT2D eigenvalue weighted by Crippen LogP contribution is 2.34. The van der Waals surface area contributed by atoms with Crippen LogP contribution in [0.25, 0.3) is 10.8 Å². The van der Waals surface area contributed by atoms with Crippen molar-refractivity contribution in [1.82, 2.24) is 0 Å². The van der Waals surface area contributed by atoms with Crippen molar-refractivity contribution in [2.24, 2.45) is 0 Å². The molecule has 0 aliphatic carbocycles. The lowest BCUT2D eigenvalue weighted by molar-refractivity contribution is 1.67. The molecule has 0 aromatic heterocycles. The van der Waals surface area contributed by atoms with E-state index in [9.17, 15) is 0 Å². The first kappa shape index (κ1) is 9.50. The summed E-state index contributed by atoms with van der Waals surface area (Å²) in [5, 5.41) is 2.96. The quantitative estimate of drug-likeness (QED) is 0.639. The van der Waals surface area contributed by atoms with E-state index in [4.69, 9.17) is 11.6 Å². The average molecular weight is 320 g/mol. The summed E-state index contributed by atoms with van der Waals surface area (Å²) in [6.45, 7) is 0. The topological polar surface area (TPSA) is 0 Å². The summed E-state index contributed by atoms with van der Waals surface area (Å²) in [7, 11) is 0. The lowest BCUT2D eigenvalue weighted by Crippen LogP contribution is -1.77. The molecule has 0 saturated heterocycles. The minimum atomic E-state index is 0.777. The average Bonchev–Trinajstić information content (AvgIpc) is 2.12. The number of halogens is 3. The Labute approximate surface area is 98.2 Å². The zero-order chi connectivity index (χ0) is 9.42. The molecule has 0 aliphatic rings. The molecule has 0 fully saturated rings. The fourth-order valence-electron chi connectivity index (χ4n) is 1.29. The molecular formula is C10H5Br2Cl. The van der Waals surface area contributed by atoms with Gasteiger partial charge in [-0.15, -0.1) is 0 Å². The number of benzene rings is 2. The van der Waals surface area contributed by atoms with Crippen LogP contribution in [0.4, 0.5) is 0 Å². The fraction of sp³-hybridized carbons (Fsp3) is 0. The van der Waals surface area contributed by atoms with Gasteiger partial charge in [-0.3, -0.25) is 0 Å². The maximum atomic E-state index is 6.06. The largest absolute Gasteiger partial charge is 0.0837 e. The van der Waals surface area contributed by atoms with Crippen LogP contribution in [0, 0.1) is 0 Å². The highest BCUT2D eigenvalue weighted by molar-refractivity contribution is 9.11. The molecule has 2 aromatic rings. The molecule has 0 spiro atoms. The molecule has 13 heavy (non-hydrogen) atoms. The molecule has 0 N–H and O–H groups in total. The van der Waals surface area contributed by atoms with E-state index in [1.807, 2.05) is 30.3 Å². The first-order valence-corrected chi connectivity index (χ1v) is 5.69. The first-order chi connectivity index (χ1) is 6.20. The van der Waals surface area contributed by atoms with Gasteiger partial charge in [0.25, 0.3) is 0 Å². The van der Waals surface area contributed by atoms with Gasteiger partial charge in [0.15, 0.2) is 0 Å². The van der Waals surface area contributed by atoms with E-state index < -0.39 is 0 Å². The smallest absolute Gasteiger partial charge is 0.0485 e. The SMILES string of the molecule is Clc1ccc(Br)c2c(Br)cccc12. The molecule has 0 aliphatic heterocycles. The zero-order valence-corrected chi connectivity index (χ0v) is 10.4. The first-order valence-electron chi connectivity index (χ1n) is 3.72. The summed E-state index contributed by atoms with van der Waals surface area (Å²) in [4.78, 5) is 0. The van der Waals surface area contributed by atoms with Gasteiger partial charge in [0.2, 0.25) is 0 Å². The summed E-state index contributed by atoms with van der Waals surface area (Å²) in [6, 6.07) is 9.83. The normalized spacial score (nSPS) is 10.7. The van der Waals surface area contributed by atoms with Gasteiger partial charge in [-0.2, -0.15) is 0 Å². The second-order valence-corrected chi connectivity index (χ2v) is 4.81. The Morgan fingerprint density at radius 3 is 2.31 bits per heavy atom. The van der Waals surface area contributed by atoms with Crippen LogP contribution in [-0.4, -0.2) is 0 Å². The number of rotatable bonds is 0. The van der Waals surface area contributed by atoms with Gasteiger partial charge in [0, 0.05) is 24.7 Å². The van der Waals surface area contributed by atoms with E-state index >= 15 is 0 Å². The van der Waals surface area contributed by atoms with Crippen molar-refractivity contribution in [3.05, 3.63) is 44.3 Å². The van der Waals surface area contributed by atoms with Crippen LogP contribution in [0.1, 0.15) is 0 Å². The Morgan fingerprint density at radius 1 is 0.923 bits per heavy atom. The Balaban J connectivity index is 3.00. The lowest BCUT2D eigenvalue weighted by Gasteiger charge is -2.04. The summed E-state index contributed by atoms with van der Waals surface area (Å²) >= 11 is 13.0. The lowest BCUT2D eigenvalue weighted by atomic mass is 10.1. The number of hydrogen-bond acceptors (Lipinski definition) is 0. The van der Waals surface area contributed by atoms with E-state index in [1.165, 1.54) is 0 Å². The van der Waals surface area contributed by atoms with E-state index in [2.05, 4.69) is 31.9 Å². The highest BCUT2D eigenvalue weighted by atomic mass is 79.9. The molecule has 2 rings (SSSR count). The van der Waals surface area contributed by atoms with Gasteiger partial charge < -0.3 is 0 Å². The molecule has 0 atom stereocenters. The van der Waals surface area contributed by atoms with Crippen LogP contribution in [0.5, 0.6) is 0 Å². The van der Waals surface area contributed by atoms with Crippen LogP contribution in [0.2, 0.25) is 5.02 Å². The van der Waals surface area contributed by atoms with Gasteiger partial charge in [-0.25, -0.2) is 0 Å². The van der Waals surface area contributed by atoms with Crippen molar-refractivity contribution in [1.29, 1.82) is 0 Å².